The number of fused-ring (bicyclic) bond motifs is 1. The van der Waals surface area contributed by atoms with Crippen molar-refractivity contribution < 1.29 is 13.5 Å². The number of hydrogen-bond donors (Lipinski definition) is 0. The van der Waals surface area contributed by atoms with E-state index in [4.69, 9.17) is 14.7 Å². The molecule has 162 valence electrons. The van der Waals surface area contributed by atoms with Crippen molar-refractivity contribution >= 4 is 17.3 Å². The predicted octanol–water partition coefficient (Wildman–Crippen LogP) is 5.16. The van der Waals surface area contributed by atoms with Crippen LogP contribution in [0.25, 0.3) is 0 Å². The van der Waals surface area contributed by atoms with Crippen molar-refractivity contribution in [2.24, 2.45) is 0 Å². The van der Waals surface area contributed by atoms with Crippen molar-refractivity contribution in [1.82, 2.24) is 14.9 Å². The van der Waals surface area contributed by atoms with Gasteiger partial charge in [0.05, 0.1) is 11.3 Å². The molecule has 0 atom stereocenters. The fourth-order valence-electron chi connectivity index (χ4n) is 4.17. The third kappa shape index (κ3) is 4.55. The zero-order valence-corrected chi connectivity index (χ0v) is 18.0. The topological polar surface area (TPSA) is 41.5 Å². The van der Waals surface area contributed by atoms with Crippen LogP contribution in [0.15, 0.2) is 35.0 Å². The summed E-state index contributed by atoms with van der Waals surface area (Å²) in [4.78, 5) is 14.2. The summed E-state index contributed by atoms with van der Waals surface area (Å²) in [5.74, 6) is -0.489. The van der Waals surface area contributed by atoms with Crippen LogP contribution in [0, 0.1) is 11.6 Å². The molecular formula is C23H24F2N4OS. The van der Waals surface area contributed by atoms with Crippen molar-refractivity contribution in [3.8, 4) is 11.6 Å². The monoisotopic (exact) mass is 442 g/mol. The second-order valence-electron chi connectivity index (χ2n) is 8.07. The summed E-state index contributed by atoms with van der Waals surface area (Å²) in [6.07, 6.45) is 4.26. The molecule has 2 aliphatic heterocycles. The minimum Gasteiger partial charge on any atom is -0.438 e. The van der Waals surface area contributed by atoms with E-state index < -0.39 is 11.6 Å². The zero-order valence-electron chi connectivity index (χ0n) is 17.2. The first kappa shape index (κ1) is 20.3. The third-order valence-corrected chi connectivity index (χ3v) is 6.55. The first-order valence-electron chi connectivity index (χ1n) is 10.7. The smallest absolute Gasteiger partial charge is 0.228 e. The summed E-state index contributed by atoms with van der Waals surface area (Å²) in [6, 6.07) is 5.71. The Bertz CT molecular complexity index is 1050. The van der Waals surface area contributed by atoms with Gasteiger partial charge in [0.25, 0.3) is 0 Å². The molecule has 1 fully saturated rings. The molecule has 4 heterocycles. The van der Waals surface area contributed by atoms with Gasteiger partial charge in [0, 0.05) is 45.2 Å². The van der Waals surface area contributed by atoms with Gasteiger partial charge < -0.3 is 9.64 Å². The van der Waals surface area contributed by atoms with Gasteiger partial charge in [0.1, 0.15) is 5.75 Å². The normalized spacial score (nSPS) is 16.9. The van der Waals surface area contributed by atoms with Crippen LogP contribution in [0.5, 0.6) is 11.6 Å². The van der Waals surface area contributed by atoms with Crippen molar-refractivity contribution in [1.29, 1.82) is 0 Å². The highest BCUT2D eigenvalue weighted by molar-refractivity contribution is 7.07. The van der Waals surface area contributed by atoms with Gasteiger partial charge >= 0.3 is 0 Å². The number of benzene rings is 1. The number of aromatic nitrogens is 2. The molecule has 1 aromatic carbocycles. The summed E-state index contributed by atoms with van der Waals surface area (Å²) in [7, 11) is 0. The van der Waals surface area contributed by atoms with Crippen LogP contribution in [0.1, 0.15) is 36.1 Å². The van der Waals surface area contributed by atoms with Crippen molar-refractivity contribution in [3.05, 3.63) is 63.5 Å². The molecule has 8 heteroatoms. The van der Waals surface area contributed by atoms with Gasteiger partial charge in [0.15, 0.2) is 11.6 Å². The van der Waals surface area contributed by atoms with Crippen molar-refractivity contribution in [2.45, 2.75) is 38.8 Å². The lowest BCUT2D eigenvalue weighted by molar-refractivity contribution is 0.238. The first-order valence-corrected chi connectivity index (χ1v) is 11.6. The predicted molar refractivity (Wildman–Crippen MR) is 117 cm³/mol. The van der Waals surface area contributed by atoms with Crippen LogP contribution < -0.4 is 9.64 Å². The average molecular weight is 443 g/mol. The van der Waals surface area contributed by atoms with Crippen molar-refractivity contribution in [2.75, 3.05) is 24.5 Å². The molecule has 0 N–H and O–H groups in total. The standard InChI is InChI=1S/C23H24F2N4OS/c24-19-5-4-17(12-20(19)25)30-22-18-14-28(13-16-7-11-31-15-16)10-6-21(18)26-23(27-22)29-8-2-1-3-9-29/h4-5,7,11-12,15H,1-3,6,8-10,13-14H2. The van der Waals surface area contributed by atoms with E-state index in [-0.39, 0.29) is 5.75 Å². The summed E-state index contributed by atoms with van der Waals surface area (Å²) < 4.78 is 33.2. The Labute approximate surface area is 184 Å². The molecular weight excluding hydrogens is 418 g/mol. The number of hydrogen-bond acceptors (Lipinski definition) is 6. The Morgan fingerprint density at radius 1 is 1.00 bits per heavy atom. The fraction of sp³-hybridized carbons (Fsp3) is 0.391. The SMILES string of the molecule is Fc1ccc(Oc2nc(N3CCCCC3)nc3c2CN(Cc2ccsc2)CC3)cc1F. The number of rotatable bonds is 5. The lowest BCUT2D eigenvalue weighted by Crippen LogP contribution is -2.34. The van der Waals surface area contributed by atoms with Gasteiger partial charge in [-0.05, 0) is 53.8 Å². The summed E-state index contributed by atoms with van der Waals surface area (Å²) in [5, 5.41) is 4.24. The van der Waals surface area contributed by atoms with E-state index in [9.17, 15) is 8.78 Å². The molecule has 2 aromatic heterocycles. The summed E-state index contributed by atoms with van der Waals surface area (Å²) >= 11 is 1.69. The molecule has 0 aliphatic carbocycles. The molecule has 0 spiro atoms. The number of nitrogens with zero attached hydrogens (tertiary/aromatic N) is 4. The van der Waals surface area contributed by atoms with Gasteiger partial charge in [-0.25, -0.2) is 13.8 Å². The van der Waals surface area contributed by atoms with Gasteiger partial charge in [-0.3, -0.25) is 4.90 Å². The Morgan fingerprint density at radius 2 is 1.87 bits per heavy atom. The molecule has 0 amide bonds. The van der Waals surface area contributed by atoms with Crippen LogP contribution >= 0.6 is 11.3 Å². The highest BCUT2D eigenvalue weighted by Crippen LogP contribution is 2.33. The number of anilines is 1. The minimum absolute atomic E-state index is 0.236. The van der Waals surface area contributed by atoms with Crippen LogP contribution in [-0.4, -0.2) is 34.5 Å². The minimum atomic E-state index is -0.934. The highest BCUT2D eigenvalue weighted by atomic mass is 32.1. The number of thiophene rings is 1. The molecule has 5 nitrogen and oxygen atoms in total. The molecule has 0 saturated carbocycles. The highest BCUT2D eigenvalue weighted by Gasteiger charge is 2.26. The summed E-state index contributed by atoms with van der Waals surface area (Å²) in [6.45, 7) is 4.26. The largest absolute Gasteiger partial charge is 0.438 e. The van der Waals surface area contributed by atoms with E-state index in [1.165, 1.54) is 18.1 Å². The number of halogens is 2. The van der Waals surface area contributed by atoms with E-state index in [2.05, 4.69) is 26.6 Å². The second kappa shape index (κ2) is 8.88. The molecule has 0 bridgehead atoms. The Morgan fingerprint density at radius 3 is 2.65 bits per heavy atom. The van der Waals surface area contributed by atoms with E-state index in [0.29, 0.717) is 18.4 Å². The Hall–Kier alpha value is -2.58. The first-order chi connectivity index (χ1) is 15.2. The molecule has 3 aromatic rings. The van der Waals surface area contributed by atoms with Crippen LogP contribution in [0.2, 0.25) is 0 Å². The van der Waals surface area contributed by atoms with Gasteiger partial charge in [0.2, 0.25) is 11.8 Å². The van der Waals surface area contributed by atoms with Crippen LogP contribution in [-0.2, 0) is 19.5 Å². The van der Waals surface area contributed by atoms with E-state index in [1.807, 2.05) is 0 Å². The molecule has 1 saturated heterocycles. The van der Waals surface area contributed by atoms with Gasteiger partial charge in [-0.15, -0.1) is 0 Å². The maximum atomic E-state index is 13.8. The third-order valence-electron chi connectivity index (χ3n) is 5.82. The lowest BCUT2D eigenvalue weighted by Gasteiger charge is -2.31. The van der Waals surface area contributed by atoms with Crippen molar-refractivity contribution in [3.63, 3.8) is 0 Å². The molecule has 2 aliphatic rings. The van der Waals surface area contributed by atoms with E-state index in [1.54, 1.807) is 11.3 Å². The molecule has 5 rings (SSSR count). The van der Waals surface area contributed by atoms with Crippen LogP contribution in [0.4, 0.5) is 14.7 Å². The number of piperidine rings is 1. The second-order valence-corrected chi connectivity index (χ2v) is 8.85. The fourth-order valence-corrected chi connectivity index (χ4v) is 4.83. The maximum absolute atomic E-state index is 13.8. The maximum Gasteiger partial charge on any atom is 0.228 e. The van der Waals surface area contributed by atoms with Gasteiger partial charge in [-0.2, -0.15) is 16.3 Å². The quantitative estimate of drug-likeness (QED) is 0.546. The molecule has 31 heavy (non-hydrogen) atoms. The van der Waals surface area contributed by atoms with Crippen LogP contribution in [0.3, 0.4) is 0 Å². The average Bonchev–Trinajstić information content (AvgIpc) is 3.30. The molecule has 0 unspecified atom stereocenters. The summed E-state index contributed by atoms with van der Waals surface area (Å²) in [5.41, 5.74) is 3.18. The Kier molecular flexibility index (Phi) is 5.82. The Balaban J connectivity index is 1.47. The molecule has 0 radical (unpaired) electrons. The number of ether oxygens (including phenoxy) is 1. The van der Waals surface area contributed by atoms with E-state index >= 15 is 0 Å². The zero-order chi connectivity index (χ0) is 21.2. The van der Waals surface area contributed by atoms with Gasteiger partial charge in [-0.1, -0.05) is 0 Å². The van der Waals surface area contributed by atoms with E-state index in [0.717, 1.165) is 68.8 Å². The lowest BCUT2D eigenvalue weighted by atomic mass is 10.1.